The molecule has 0 atom stereocenters. The zero-order chi connectivity index (χ0) is 19.4. The van der Waals surface area contributed by atoms with E-state index in [1.54, 1.807) is 0 Å². The third-order valence-electron chi connectivity index (χ3n) is 5.54. The number of benzene rings is 1. The number of likely N-dealkylation sites (tertiary alicyclic amines) is 1. The van der Waals surface area contributed by atoms with Crippen molar-refractivity contribution in [1.29, 1.82) is 0 Å². The van der Waals surface area contributed by atoms with Gasteiger partial charge in [-0.2, -0.15) is 0 Å². The zero-order valence-corrected chi connectivity index (χ0v) is 20.2. The first-order valence-corrected chi connectivity index (χ1v) is 11.0. The minimum absolute atomic E-state index is 0. The van der Waals surface area contributed by atoms with Gasteiger partial charge in [0, 0.05) is 39.3 Å². The number of halogens is 1. The lowest BCUT2D eigenvalue weighted by Crippen LogP contribution is -2.42. The van der Waals surface area contributed by atoms with Gasteiger partial charge in [0.05, 0.1) is 19.8 Å². The molecular formula is C22H38IN5O. The average Bonchev–Trinajstić information content (AvgIpc) is 2.74. The highest BCUT2D eigenvalue weighted by molar-refractivity contribution is 14.0. The number of hydrogen-bond acceptors (Lipinski definition) is 4. The molecule has 0 unspecified atom stereocenters. The van der Waals surface area contributed by atoms with Crippen LogP contribution in [0.15, 0.2) is 29.3 Å². The van der Waals surface area contributed by atoms with Crippen LogP contribution in [0.1, 0.15) is 37.3 Å². The van der Waals surface area contributed by atoms with Gasteiger partial charge < -0.3 is 20.3 Å². The molecule has 1 aromatic carbocycles. The Hall–Kier alpha value is -0.900. The molecule has 0 spiro atoms. The summed E-state index contributed by atoms with van der Waals surface area (Å²) in [5.41, 5.74) is 2.68. The molecule has 164 valence electrons. The molecular weight excluding hydrogens is 477 g/mol. The molecule has 0 aromatic heterocycles. The number of nitrogens with one attached hydrogen (secondary N) is 2. The quantitative estimate of drug-likeness (QED) is 0.317. The third kappa shape index (κ3) is 8.78. The molecule has 6 nitrogen and oxygen atoms in total. The van der Waals surface area contributed by atoms with Crippen molar-refractivity contribution in [3.8, 4) is 0 Å². The highest BCUT2D eigenvalue weighted by Crippen LogP contribution is 2.14. The Kier molecular flexibility index (Phi) is 11.9. The molecule has 0 saturated carbocycles. The van der Waals surface area contributed by atoms with Gasteiger partial charge in [0.2, 0.25) is 0 Å². The average molecular weight is 515 g/mol. The fraction of sp³-hybridized carbons (Fsp3) is 0.682. The van der Waals surface area contributed by atoms with Crippen LogP contribution < -0.4 is 10.6 Å². The minimum atomic E-state index is 0. The summed E-state index contributed by atoms with van der Waals surface area (Å²) in [4.78, 5) is 9.87. The van der Waals surface area contributed by atoms with Gasteiger partial charge >= 0.3 is 0 Å². The van der Waals surface area contributed by atoms with E-state index in [4.69, 9.17) is 9.73 Å². The minimum Gasteiger partial charge on any atom is -0.379 e. The van der Waals surface area contributed by atoms with Crippen LogP contribution in [0.2, 0.25) is 0 Å². The van der Waals surface area contributed by atoms with Crippen LogP contribution in [0.25, 0.3) is 0 Å². The fourth-order valence-corrected chi connectivity index (χ4v) is 3.89. The summed E-state index contributed by atoms with van der Waals surface area (Å²) in [5.74, 6) is 0.917. The largest absolute Gasteiger partial charge is 0.379 e. The second-order valence-electron chi connectivity index (χ2n) is 7.68. The maximum atomic E-state index is 5.47. The van der Waals surface area contributed by atoms with Crippen LogP contribution in [0, 0.1) is 0 Å². The highest BCUT2D eigenvalue weighted by Gasteiger charge is 2.13. The fourth-order valence-electron chi connectivity index (χ4n) is 3.89. The summed E-state index contributed by atoms with van der Waals surface area (Å²) in [5, 5.41) is 6.89. The van der Waals surface area contributed by atoms with E-state index in [0.717, 1.165) is 58.4 Å². The second kappa shape index (κ2) is 14.2. The predicted octanol–water partition coefficient (Wildman–Crippen LogP) is 2.68. The summed E-state index contributed by atoms with van der Waals surface area (Å²) >= 11 is 0. The van der Waals surface area contributed by atoms with E-state index >= 15 is 0 Å². The first kappa shape index (κ1) is 24.4. The topological polar surface area (TPSA) is 52.1 Å². The summed E-state index contributed by atoms with van der Waals surface area (Å²) < 4.78 is 5.47. The van der Waals surface area contributed by atoms with Crippen LogP contribution in [-0.2, 0) is 17.8 Å². The lowest BCUT2D eigenvalue weighted by atomic mass is 10.1. The Morgan fingerprint density at radius 1 is 0.966 bits per heavy atom. The number of aliphatic imine (C=N–C) groups is 1. The van der Waals surface area contributed by atoms with Gasteiger partial charge in [0.1, 0.15) is 0 Å². The van der Waals surface area contributed by atoms with Gasteiger partial charge in [-0.1, -0.05) is 30.7 Å². The standard InChI is InChI=1S/C22H37N5O.HI/c1-2-23-22(24-10-13-26-11-6-3-7-12-26)25-18-20-8-4-5-9-21(20)19-27-14-16-28-17-15-27;/h4-5,8-9H,2-3,6-7,10-19H2,1H3,(H2,23,24,25);1H. The van der Waals surface area contributed by atoms with Crippen molar-refractivity contribution >= 4 is 29.9 Å². The predicted molar refractivity (Wildman–Crippen MR) is 131 cm³/mol. The van der Waals surface area contributed by atoms with E-state index in [2.05, 4.69) is 51.6 Å². The van der Waals surface area contributed by atoms with Crippen molar-refractivity contribution < 1.29 is 4.74 Å². The maximum absolute atomic E-state index is 5.47. The number of morpholine rings is 1. The monoisotopic (exact) mass is 515 g/mol. The Labute approximate surface area is 193 Å². The summed E-state index contributed by atoms with van der Waals surface area (Å²) in [6.07, 6.45) is 4.07. The summed E-state index contributed by atoms with van der Waals surface area (Å²) in [6.45, 7) is 12.9. The zero-order valence-electron chi connectivity index (χ0n) is 17.9. The van der Waals surface area contributed by atoms with Crippen molar-refractivity contribution in [2.75, 3.05) is 59.0 Å². The number of piperidine rings is 1. The molecule has 2 fully saturated rings. The van der Waals surface area contributed by atoms with Crippen molar-refractivity contribution in [1.82, 2.24) is 20.4 Å². The number of ether oxygens (including phenoxy) is 1. The SMILES string of the molecule is CCNC(=NCc1ccccc1CN1CCOCC1)NCCN1CCCCC1.I. The van der Waals surface area contributed by atoms with Gasteiger partial charge in [0.15, 0.2) is 5.96 Å². The van der Waals surface area contributed by atoms with Crippen LogP contribution in [0.3, 0.4) is 0 Å². The number of guanidine groups is 1. The molecule has 0 aliphatic carbocycles. The maximum Gasteiger partial charge on any atom is 0.191 e. The number of nitrogens with zero attached hydrogens (tertiary/aromatic N) is 3. The Morgan fingerprint density at radius 2 is 1.69 bits per heavy atom. The molecule has 29 heavy (non-hydrogen) atoms. The molecule has 1 aromatic rings. The molecule has 7 heteroatoms. The second-order valence-corrected chi connectivity index (χ2v) is 7.68. The molecule has 0 amide bonds. The third-order valence-corrected chi connectivity index (χ3v) is 5.54. The van der Waals surface area contributed by atoms with E-state index in [1.807, 2.05) is 0 Å². The van der Waals surface area contributed by atoms with Crippen molar-refractivity contribution in [3.05, 3.63) is 35.4 Å². The van der Waals surface area contributed by atoms with Crippen molar-refractivity contribution in [2.45, 2.75) is 39.3 Å². The van der Waals surface area contributed by atoms with Crippen LogP contribution in [-0.4, -0.2) is 74.8 Å². The Morgan fingerprint density at radius 3 is 2.41 bits per heavy atom. The number of hydrogen-bond donors (Lipinski definition) is 2. The summed E-state index contributed by atoms with van der Waals surface area (Å²) in [7, 11) is 0. The number of rotatable bonds is 8. The van der Waals surface area contributed by atoms with Crippen molar-refractivity contribution in [2.24, 2.45) is 4.99 Å². The normalized spacial score (nSPS) is 18.9. The molecule has 2 saturated heterocycles. The van der Waals surface area contributed by atoms with E-state index in [-0.39, 0.29) is 24.0 Å². The molecule has 2 N–H and O–H groups in total. The summed E-state index contributed by atoms with van der Waals surface area (Å²) in [6, 6.07) is 8.68. The lowest BCUT2D eigenvalue weighted by molar-refractivity contribution is 0.0341. The molecule has 3 rings (SSSR count). The molecule has 0 bridgehead atoms. The molecule has 2 aliphatic heterocycles. The highest BCUT2D eigenvalue weighted by atomic mass is 127. The van der Waals surface area contributed by atoms with Gasteiger partial charge in [0.25, 0.3) is 0 Å². The molecule has 2 aliphatic rings. The first-order chi connectivity index (χ1) is 13.8. The van der Waals surface area contributed by atoms with Crippen LogP contribution >= 0.6 is 24.0 Å². The van der Waals surface area contributed by atoms with Crippen LogP contribution in [0.5, 0.6) is 0 Å². The smallest absolute Gasteiger partial charge is 0.191 e. The van der Waals surface area contributed by atoms with E-state index in [0.29, 0.717) is 6.54 Å². The Bertz CT molecular complexity index is 601. The molecule has 2 heterocycles. The Balaban J connectivity index is 0.00000300. The van der Waals surface area contributed by atoms with E-state index in [1.165, 1.54) is 43.5 Å². The van der Waals surface area contributed by atoms with Gasteiger partial charge in [-0.05, 0) is 44.0 Å². The van der Waals surface area contributed by atoms with E-state index < -0.39 is 0 Å². The molecule has 0 radical (unpaired) electrons. The lowest BCUT2D eigenvalue weighted by Gasteiger charge is -2.27. The van der Waals surface area contributed by atoms with Gasteiger partial charge in [-0.15, -0.1) is 24.0 Å². The van der Waals surface area contributed by atoms with Crippen LogP contribution in [0.4, 0.5) is 0 Å². The van der Waals surface area contributed by atoms with Crippen molar-refractivity contribution in [3.63, 3.8) is 0 Å². The van der Waals surface area contributed by atoms with Gasteiger partial charge in [-0.25, -0.2) is 4.99 Å². The first-order valence-electron chi connectivity index (χ1n) is 11.0. The van der Waals surface area contributed by atoms with Gasteiger partial charge in [-0.3, -0.25) is 4.90 Å². The van der Waals surface area contributed by atoms with E-state index in [9.17, 15) is 0 Å².